The molecule has 1 N–H and O–H groups in total. The lowest BCUT2D eigenvalue weighted by atomic mass is 10.1. The summed E-state index contributed by atoms with van der Waals surface area (Å²) in [7, 11) is 1.35. The molecule has 0 unspecified atom stereocenters. The van der Waals surface area contributed by atoms with Gasteiger partial charge in [0.2, 0.25) is 0 Å². The van der Waals surface area contributed by atoms with Gasteiger partial charge in [-0.1, -0.05) is 42.5 Å². The van der Waals surface area contributed by atoms with Gasteiger partial charge in [-0.2, -0.15) is 0 Å². The quantitative estimate of drug-likeness (QED) is 0.598. The fourth-order valence-electron chi connectivity index (χ4n) is 2.14. The second-order valence-electron chi connectivity index (χ2n) is 5.21. The molecule has 126 valence electrons. The van der Waals surface area contributed by atoms with E-state index in [9.17, 15) is 9.59 Å². The molecule has 0 saturated carbocycles. The number of nitrogens with one attached hydrogen (secondary N) is 1. The highest BCUT2D eigenvalue weighted by Crippen LogP contribution is 2.21. The molecule has 5 nitrogen and oxygen atoms in total. The molecule has 0 saturated heterocycles. The molecule has 0 atom stereocenters. The molecule has 0 fully saturated rings. The van der Waals surface area contributed by atoms with Gasteiger partial charge >= 0.3 is 5.97 Å². The lowest BCUT2D eigenvalue weighted by Gasteiger charge is -2.08. The Balaban J connectivity index is 1.72. The van der Waals surface area contributed by atoms with Crippen LogP contribution in [0.25, 0.3) is 11.1 Å². The van der Waals surface area contributed by atoms with Crippen molar-refractivity contribution in [2.24, 2.45) is 0 Å². The number of amides is 1. The number of ether oxygens (including phenoxy) is 2. The first-order chi connectivity index (χ1) is 11.7. The molecular weight excluding hydrogens is 306 g/mol. The molecule has 0 radical (unpaired) electrons. The van der Waals surface area contributed by atoms with Gasteiger partial charge in [-0.25, -0.2) is 0 Å². The first-order valence-electron chi connectivity index (χ1n) is 7.81. The van der Waals surface area contributed by atoms with E-state index in [-0.39, 0.29) is 18.5 Å². The number of rotatable bonds is 8. The van der Waals surface area contributed by atoms with Gasteiger partial charge in [0.15, 0.2) is 6.61 Å². The van der Waals surface area contributed by atoms with Gasteiger partial charge in [0.1, 0.15) is 5.75 Å². The smallest absolute Gasteiger partial charge is 0.305 e. The maximum absolute atomic E-state index is 11.7. The van der Waals surface area contributed by atoms with Gasteiger partial charge in [0, 0.05) is 13.0 Å². The molecule has 0 aliphatic heterocycles. The minimum atomic E-state index is -0.279. The lowest BCUT2D eigenvalue weighted by molar-refractivity contribution is -0.140. The molecule has 24 heavy (non-hydrogen) atoms. The van der Waals surface area contributed by atoms with Crippen molar-refractivity contribution in [2.45, 2.75) is 12.8 Å². The molecule has 0 aliphatic carbocycles. The summed E-state index contributed by atoms with van der Waals surface area (Å²) in [5.74, 6) is 0.144. The second kappa shape index (κ2) is 9.35. The van der Waals surface area contributed by atoms with Crippen LogP contribution in [0.2, 0.25) is 0 Å². The maximum Gasteiger partial charge on any atom is 0.305 e. The van der Waals surface area contributed by atoms with E-state index in [1.807, 2.05) is 54.6 Å². The van der Waals surface area contributed by atoms with Gasteiger partial charge in [-0.05, 0) is 29.7 Å². The summed E-state index contributed by atoms with van der Waals surface area (Å²) in [6.07, 6.45) is 0.836. The predicted octanol–water partition coefficient (Wildman–Crippen LogP) is 2.80. The van der Waals surface area contributed by atoms with Crippen molar-refractivity contribution in [1.82, 2.24) is 5.32 Å². The Bertz CT molecular complexity index is 653. The van der Waals surface area contributed by atoms with Crippen molar-refractivity contribution in [3.8, 4) is 16.9 Å². The molecule has 0 aliphatic rings. The lowest BCUT2D eigenvalue weighted by Crippen LogP contribution is -2.30. The molecule has 0 spiro atoms. The van der Waals surface area contributed by atoms with E-state index in [0.717, 1.165) is 11.1 Å². The molecule has 2 aromatic rings. The molecule has 0 bridgehead atoms. The fourth-order valence-corrected chi connectivity index (χ4v) is 2.14. The first kappa shape index (κ1) is 17.5. The Kier molecular flexibility index (Phi) is 6.83. The zero-order valence-corrected chi connectivity index (χ0v) is 13.7. The highest BCUT2D eigenvalue weighted by Gasteiger charge is 2.04. The Morgan fingerprint density at radius 3 is 2.29 bits per heavy atom. The summed E-state index contributed by atoms with van der Waals surface area (Å²) in [5.41, 5.74) is 2.22. The Labute approximate surface area is 141 Å². The van der Waals surface area contributed by atoms with Crippen LogP contribution in [0, 0.1) is 0 Å². The average Bonchev–Trinajstić information content (AvgIpc) is 2.64. The van der Waals surface area contributed by atoms with Gasteiger partial charge in [0.25, 0.3) is 5.91 Å². The third-order valence-electron chi connectivity index (χ3n) is 3.44. The first-order valence-corrected chi connectivity index (χ1v) is 7.81. The van der Waals surface area contributed by atoms with Crippen LogP contribution in [0.4, 0.5) is 0 Å². The van der Waals surface area contributed by atoms with Crippen molar-refractivity contribution < 1.29 is 19.1 Å². The van der Waals surface area contributed by atoms with Crippen LogP contribution < -0.4 is 10.1 Å². The van der Waals surface area contributed by atoms with E-state index in [1.165, 1.54) is 7.11 Å². The second-order valence-corrected chi connectivity index (χ2v) is 5.21. The van der Waals surface area contributed by atoms with Crippen LogP contribution in [0.5, 0.6) is 5.75 Å². The molecule has 2 rings (SSSR count). The Morgan fingerprint density at radius 1 is 0.958 bits per heavy atom. The zero-order valence-electron chi connectivity index (χ0n) is 13.7. The highest BCUT2D eigenvalue weighted by atomic mass is 16.5. The predicted molar refractivity (Wildman–Crippen MR) is 91.6 cm³/mol. The van der Waals surface area contributed by atoms with E-state index >= 15 is 0 Å². The molecule has 0 heterocycles. The van der Waals surface area contributed by atoms with E-state index in [2.05, 4.69) is 10.1 Å². The number of hydrogen-bond donors (Lipinski definition) is 1. The molecular formula is C19H21NO4. The van der Waals surface area contributed by atoms with Gasteiger partial charge in [-0.15, -0.1) is 0 Å². The number of esters is 1. The summed E-state index contributed by atoms with van der Waals surface area (Å²) in [4.78, 5) is 22.6. The summed E-state index contributed by atoms with van der Waals surface area (Å²) in [5, 5.41) is 2.70. The minimum absolute atomic E-state index is 0.0527. The largest absolute Gasteiger partial charge is 0.484 e. The summed E-state index contributed by atoms with van der Waals surface area (Å²) >= 11 is 0. The number of methoxy groups -OCH3 is 1. The average molecular weight is 327 g/mol. The highest BCUT2D eigenvalue weighted by molar-refractivity contribution is 5.77. The number of benzene rings is 2. The number of carbonyl (C=O) groups is 2. The summed E-state index contributed by atoms with van der Waals surface area (Å²) in [6.45, 7) is 0.368. The normalized spacial score (nSPS) is 10.0. The van der Waals surface area contributed by atoms with Gasteiger partial charge < -0.3 is 14.8 Å². The van der Waals surface area contributed by atoms with Crippen LogP contribution in [-0.4, -0.2) is 32.1 Å². The summed E-state index contributed by atoms with van der Waals surface area (Å²) in [6, 6.07) is 17.6. The van der Waals surface area contributed by atoms with E-state index in [1.54, 1.807) is 0 Å². The van der Waals surface area contributed by atoms with Crippen molar-refractivity contribution >= 4 is 11.9 Å². The van der Waals surface area contributed by atoms with E-state index in [0.29, 0.717) is 25.1 Å². The number of hydrogen-bond acceptors (Lipinski definition) is 4. The van der Waals surface area contributed by atoms with Crippen LogP contribution in [0.1, 0.15) is 12.8 Å². The topological polar surface area (TPSA) is 64.6 Å². The fraction of sp³-hybridized carbons (Fsp3) is 0.263. The number of carbonyl (C=O) groups excluding carboxylic acids is 2. The third-order valence-corrected chi connectivity index (χ3v) is 3.44. The van der Waals surface area contributed by atoms with Crippen molar-refractivity contribution in [2.75, 3.05) is 20.3 Å². The Hall–Kier alpha value is -2.82. The zero-order chi connectivity index (χ0) is 17.2. The van der Waals surface area contributed by atoms with Crippen molar-refractivity contribution in [1.29, 1.82) is 0 Å². The standard InChI is InChI=1S/C19H21NO4/c1-23-19(22)8-5-13-20-18(21)14-24-17-11-9-16(10-12-17)15-6-3-2-4-7-15/h2-4,6-7,9-12H,5,8,13-14H2,1H3,(H,20,21). The van der Waals surface area contributed by atoms with Gasteiger partial charge in [0.05, 0.1) is 7.11 Å². The van der Waals surface area contributed by atoms with Crippen LogP contribution in [0.15, 0.2) is 54.6 Å². The monoisotopic (exact) mass is 327 g/mol. The van der Waals surface area contributed by atoms with Gasteiger partial charge in [-0.3, -0.25) is 9.59 Å². The molecule has 5 heteroatoms. The van der Waals surface area contributed by atoms with Crippen LogP contribution in [-0.2, 0) is 14.3 Å². The summed E-state index contributed by atoms with van der Waals surface area (Å²) < 4.78 is 9.98. The maximum atomic E-state index is 11.7. The molecule has 0 aromatic heterocycles. The molecule has 2 aromatic carbocycles. The minimum Gasteiger partial charge on any atom is -0.484 e. The van der Waals surface area contributed by atoms with Crippen LogP contribution >= 0.6 is 0 Å². The van der Waals surface area contributed by atoms with Crippen molar-refractivity contribution in [3.63, 3.8) is 0 Å². The van der Waals surface area contributed by atoms with E-state index < -0.39 is 0 Å². The van der Waals surface area contributed by atoms with Crippen molar-refractivity contribution in [3.05, 3.63) is 54.6 Å². The van der Waals surface area contributed by atoms with E-state index in [4.69, 9.17) is 4.74 Å². The van der Waals surface area contributed by atoms with Crippen LogP contribution in [0.3, 0.4) is 0 Å². The SMILES string of the molecule is COC(=O)CCCNC(=O)COc1ccc(-c2ccccc2)cc1. The Morgan fingerprint density at radius 2 is 1.62 bits per heavy atom. The third kappa shape index (κ3) is 5.76. The molecule has 1 amide bonds.